The molecule has 0 bridgehead atoms. The summed E-state index contributed by atoms with van der Waals surface area (Å²) in [7, 11) is 2.23. The van der Waals surface area contributed by atoms with Crippen molar-refractivity contribution in [1.29, 1.82) is 0 Å². The number of aliphatic imine (C=N–C) groups is 1. The van der Waals surface area contributed by atoms with Crippen LogP contribution in [-0.2, 0) is 0 Å². The summed E-state index contributed by atoms with van der Waals surface area (Å²) in [6, 6.07) is 10.8. The molecular weight excluding hydrogens is 442 g/mol. The van der Waals surface area contributed by atoms with E-state index in [9.17, 15) is 5.11 Å². The Hall–Kier alpha value is -1.89. The molecule has 34 heavy (non-hydrogen) atoms. The van der Waals surface area contributed by atoms with Crippen LogP contribution in [0.15, 0.2) is 35.3 Å². The van der Waals surface area contributed by atoms with Gasteiger partial charge in [0.15, 0.2) is 0 Å². The van der Waals surface area contributed by atoms with Crippen LogP contribution in [-0.4, -0.2) is 42.1 Å². The summed E-state index contributed by atoms with van der Waals surface area (Å²) in [5.74, 6) is 1.32. The average molecular weight is 484 g/mol. The van der Waals surface area contributed by atoms with Crippen LogP contribution in [0.5, 0.6) is 5.75 Å². The summed E-state index contributed by atoms with van der Waals surface area (Å²) >= 11 is 1.67. The van der Waals surface area contributed by atoms with E-state index >= 15 is 0 Å². The normalized spacial score (nSPS) is 21.7. The quantitative estimate of drug-likeness (QED) is 0.280. The Morgan fingerprint density at radius 2 is 1.94 bits per heavy atom. The Bertz CT molecular complexity index is 920. The van der Waals surface area contributed by atoms with Gasteiger partial charge in [-0.15, -0.1) is 11.3 Å². The SMILES string of the molecule is CCC(CC1CCCN1C)Oc1ccc(NC=Nc2cc(C(O)C3CCCCC3)sc2C)cc1. The Morgan fingerprint density at radius 3 is 2.62 bits per heavy atom. The molecule has 1 saturated heterocycles. The van der Waals surface area contributed by atoms with E-state index in [1.807, 2.05) is 24.3 Å². The highest BCUT2D eigenvalue weighted by Gasteiger charge is 2.26. The Morgan fingerprint density at radius 1 is 1.18 bits per heavy atom. The summed E-state index contributed by atoms with van der Waals surface area (Å²) in [5.41, 5.74) is 1.92. The summed E-state index contributed by atoms with van der Waals surface area (Å²) in [5, 5.41) is 14.1. The first-order chi connectivity index (χ1) is 16.5. The molecule has 1 aromatic carbocycles. The van der Waals surface area contributed by atoms with E-state index in [4.69, 9.17) is 4.74 Å². The van der Waals surface area contributed by atoms with Gasteiger partial charge in [-0.25, -0.2) is 4.99 Å². The molecule has 1 saturated carbocycles. The summed E-state index contributed by atoms with van der Waals surface area (Å²) in [6.45, 7) is 5.49. The van der Waals surface area contributed by atoms with Gasteiger partial charge in [0.2, 0.25) is 0 Å². The maximum atomic E-state index is 10.8. The van der Waals surface area contributed by atoms with Crippen LogP contribution in [0.25, 0.3) is 0 Å². The number of anilines is 1. The van der Waals surface area contributed by atoms with Crippen LogP contribution >= 0.6 is 11.3 Å². The van der Waals surface area contributed by atoms with Crippen molar-refractivity contribution in [2.45, 2.75) is 89.9 Å². The van der Waals surface area contributed by atoms with Gasteiger partial charge in [0.25, 0.3) is 0 Å². The van der Waals surface area contributed by atoms with Gasteiger partial charge < -0.3 is 20.1 Å². The highest BCUT2D eigenvalue weighted by atomic mass is 32.1. The lowest BCUT2D eigenvalue weighted by molar-refractivity contribution is 0.0879. The predicted octanol–water partition coefficient (Wildman–Crippen LogP) is 7.08. The average Bonchev–Trinajstić information content (AvgIpc) is 3.44. The zero-order chi connectivity index (χ0) is 23.9. The fraction of sp³-hybridized carbons (Fsp3) is 0.607. The number of nitrogens with one attached hydrogen (secondary N) is 1. The first-order valence-electron chi connectivity index (χ1n) is 13.1. The zero-order valence-corrected chi connectivity index (χ0v) is 21.8. The molecule has 3 unspecified atom stereocenters. The molecule has 0 spiro atoms. The van der Waals surface area contributed by atoms with Crippen LogP contribution in [0.2, 0.25) is 0 Å². The molecule has 1 aliphatic heterocycles. The third-order valence-corrected chi connectivity index (χ3v) is 8.66. The maximum absolute atomic E-state index is 10.8. The van der Waals surface area contributed by atoms with Crippen molar-refractivity contribution in [3.63, 3.8) is 0 Å². The smallest absolute Gasteiger partial charge is 0.119 e. The van der Waals surface area contributed by atoms with Gasteiger partial charge >= 0.3 is 0 Å². The van der Waals surface area contributed by atoms with E-state index < -0.39 is 0 Å². The van der Waals surface area contributed by atoms with E-state index in [2.05, 4.69) is 42.2 Å². The maximum Gasteiger partial charge on any atom is 0.119 e. The minimum absolute atomic E-state index is 0.255. The second kappa shape index (κ2) is 12.2. The topological polar surface area (TPSA) is 57.1 Å². The molecule has 2 N–H and O–H groups in total. The van der Waals surface area contributed by atoms with Crippen molar-refractivity contribution in [3.8, 4) is 5.75 Å². The van der Waals surface area contributed by atoms with Gasteiger partial charge in [0.1, 0.15) is 5.75 Å². The highest BCUT2D eigenvalue weighted by Crippen LogP contribution is 2.40. The van der Waals surface area contributed by atoms with Gasteiger partial charge in [-0.2, -0.15) is 0 Å². The summed E-state index contributed by atoms with van der Waals surface area (Å²) in [6.07, 6.45) is 12.4. The number of hydrogen-bond donors (Lipinski definition) is 2. The summed E-state index contributed by atoms with van der Waals surface area (Å²) < 4.78 is 6.28. The number of thiophene rings is 1. The third kappa shape index (κ3) is 6.61. The van der Waals surface area contributed by atoms with Crippen molar-refractivity contribution < 1.29 is 9.84 Å². The molecule has 2 aromatic rings. The molecule has 1 aliphatic carbocycles. The van der Waals surface area contributed by atoms with Crippen molar-refractivity contribution in [1.82, 2.24) is 4.90 Å². The summed E-state index contributed by atoms with van der Waals surface area (Å²) in [4.78, 5) is 9.28. The van der Waals surface area contributed by atoms with Crippen LogP contribution < -0.4 is 10.1 Å². The van der Waals surface area contributed by atoms with E-state index in [-0.39, 0.29) is 12.2 Å². The van der Waals surface area contributed by atoms with E-state index in [0.29, 0.717) is 12.0 Å². The number of aliphatic hydroxyl groups excluding tert-OH is 1. The standard InChI is InChI=1S/C28H41N3O2S/c1-4-24(17-23-11-8-16-31(23)3)33-25-14-12-22(13-15-25)29-19-30-26-18-27(34-20(26)2)28(32)21-9-6-5-7-10-21/h12-15,18-19,21,23-24,28,32H,4-11,16-17H2,1-3H3,(H,29,30). The van der Waals surface area contributed by atoms with E-state index in [1.165, 1.54) is 38.6 Å². The molecule has 6 heteroatoms. The Kier molecular flexibility index (Phi) is 9.04. The van der Waals surface area contributed by atoms with E-state index in [1.54, 1.807) is 17.7 Å². The fourth-order valence-electron chi connectivity index (χ4n) is 5.33. The van der Waals surface area contributed by atoms with Crippen LogP contribution in [0, 0.1) is 12.8 Å². The molecular formula is C28H41N3O2S. The minimum atomic E-state index is -0.352. The lowest BCUT2D eigenvalue weighted by Gasteiger charge is -2.25. The van der Waals surface area contributed by atoms with Gasteiger partial charge in [0, 0.05) is 21.5 Å². The number of hydrogen-bond acceptors (Lipinski definition) is 5. The monoisotopic (exact) mass is 483 g/mol. The number of rotatable bonds is 10. The second-order valence-electron chi connectivity index (χ2n) is 10.0. The lowest BCUT2D eigenvalue weighted by Crippen LogP contribution is -2.31. The Balaban J connectivity index is 1.29. The molecule has 186 valence electrons. The van der Waals surface area contributed by atoms with Crippen LogP contribution in [0.1, 0.15) is 80.6 Å². The highest BCUT2D eigenvalue weighted by molar-refractivity contribution is 7.12. The molecule has 2 fully saturated rings. The number of ether oxygens (including phenoxy) is 1. The number of aliphatic hydroxyl groups is 1. The largest absolute Gasteiger partial charge is 0.490 e. The minimum Gasteiger partial charge on any atom is -0.490 e. The molecule has 1 aromatic heterocycles. The third-order valence-electron chi connectivity index (χ3n) is 7.55. The molecule has 2 heterocycles. The molecule has 2 aliphatic rings. The van der Waals surface area contributed by atoms with Crippen molar-refractivity contribution in [2.24, 2.45) is 10.9 Å². The van der Waals surface area contributed by atoms with Crippen molar-refractivity contribution in [3.05, 3.63) is 40.1 Å². The van der Waals surface area contributed by atoms with E-state index in [0.717, 1.165) is 52.6 Å². The number of nitrogens with zero attached hydrogens (tertiary/aromatic N) is 2. The first kappa shape index (κ1) is 25.2. The Labute approximate surface area is 209 Å². The van der Waals surface area contributed by atoms with Crippen molar-refractivity contribution in [2.75, 3.05) is 18.9 Å². The van der Waals surface area contributed by atoms with Crippen molar-refractivity contribution >= 4 is 29.1 Å². The van der Waals surface area contributed by atoms with Crippen LogP contribution in [0.4, 0.5) is 11.4 Å². The molecule has 4 rings (SSSR count). The molecule has 0 amide bonds. The predicted molar refractivity (Wildman–Crippen MR) is 144 cm³/mol. The van der Waals surface area contributed by atoms with Gasteiger partial charge in [-0.3, -0.25) is 0 Å². The van der Waals surface area contributed by atoms with Gasteiger partial charge in [0.05, 0.1) is 24.2 Å². The number of benzene rings is 1. The van der Waals surface area contributed by atoms with Crippen LogP contribution in [0.3, 0.4) is 0 Å². The first-order valence-corrected chi connectivity index (χ1v) is 13.9. The zero-order valence-electron chi connectivity index (χ0n) is 21.0. The second-order valence-corrected chi connectivity index (χ2v) is 11.3. The van der Waals surface area contributed by atoms with Gasteiger partial charge in [-0.05, 0) is 95.3 Å². The lowest BCUT2D eigenvalue weighted by atomic mass is 9.85. The molecule has 5 nitrogen and oxygen atoms in total. The van der Waals surface area contributed by atoms with Gasteiger partial charge in [-0.1, -0.05) is 26.2 Å². The number of aryl methyl sites for hydroxylation is 1. The fourth-order valence-corrected chi connectivity index (χ4v) is 6.38. The molecule has 3 atom stereocenters. The molecule has 0 radical (unpaired) electrons. The number of likely N-dealkylation sites (tertiary alicyclic amines) is 1.